The molecule has 0 N–H and O–H groups in total. The number of nitrogens with zero attached hydrogens (tertiary/aromatic N) is 1. The van der Waals surface area contributed by atoms with Gasteiger partial charge in [-0.2, -0.15) is 0 Å². The van der Waals surface area contributed by atoms with Crippen LogP contribution in [0.2, 0.25) is 0 Å². The van der Waals surface area contributed by atoms with Crippen LogP contribution in [0.4, 0.5) is 5.69 Å². The molecule has 2 aromatic carbocycles. The molecule has 0 aliphatic carbocycles. The molecule has 0 atom stereocenters. The number of carbonyl (C=O) groups is 3. The second-order valence-electron chi connectivity index (χ2n) is 5.93. The highest BCUT2D eigenvalue weighted by Crippen LogP contribution is 2.31. The van der Waals surface area contributed by atoms with Crippen molar-refractivity contribution in [2.45, 2.75) is 13.5 Å². The summed E-state index contributed by atoms with van der Waals surface area (Å²) in [5.41, 5.74) is 2.43. The average molecular weight is 365 g/mol. The predicted octanol–water partition coefficient (Wildman–Crippen LogP) is 3.00. The molecule has 1 amide bonds. The van der Waals surface area contributed by atoms with E-state index in [1.165, 1.54) is 11.0 Å². The number of hydrogen-bond acceptors (Lipinski definition) is 5. The summed E-state index contributed by atoms with van der Waals surface area (Å²) in [5, 5.41) is 0. The maximum atomic E-state index is 12.4. The molecule has 1 heterocycles. The Kier molecular flexibility index (Phi) is 5.35. The Morgan fingerprint density at radius 2 is 1.85 bits per heavy atom. The van der Waals surface area contributed by atoms with Crippen molar-refractivity contribution in [1.82, 2.24) is 0 Å². The van der Waals surface area contributed by atoms with Crippen molar-refractivity contribution in [2.24, 2.45) is 0 Å². The molecule has 0 bridgehead atoms. The molecule has 0 unspecified atom stereocenters. The zero-order chi connectivity index (χ0) is 19.4. The Balaban J connectivity index is 1.83. The second-order valence-corrected chi connectivity index (χ2v) is 5.93. The number of anilines is 1. The predicted molar refractivity (Wildman–Crippen MR) is 101 cm³/mol. The molecule has 0 spiro atoms. The first-order valence-electron chi connectivity index (χ1n) is 8.51. The third-order valence-electron chi connectivity index (χ3n) is 4.19. The Labute approximate surface area is 157 Å². The van der Waals surface area contributed by atoms with Crippen molar-refractivity contribution in [3.63, 3.8) is 0 Å². The van der Waals surface area contributed by atoms with Crippen molar-refractivity contribution < 1.29 is 23.9 Å². The van der Waals surface area contributed by atoms with E-state index in [2.05, 4.69) is 0 Å². The molecule has 138 valence electrons. The first kappa shape index (κ1) is 18.4. The molecule has 1 aliphatic heterocycles. The largest absolute Gasteiger partial charge is 0.497 e. The Bertz CT molecular complexity index is 915. The minimum atomic E-state index is -0.563. The number of carbonyl (C=O) groups excluding carboxylic acids is 3. The molecule has 27 heavy (non-hydrogen) atoms. The van der Waals surface area contributed by atoms with Gasteiger partial charge in [0.1, 0.15) is 5.75 Å². The number of methoxy groups -OCH3 is 1. The lowest BCUT2D eigenvalue weighted by Gasteiger charge is -2.17. The van der Waals surface area contributed by atoms with Crippen molar-refractivity contribution in [1.29, 1.82) is 0 Å². The van der Waals surface area contributed by atoms with E-state index in [1.54, 1.807) is 38.3 Å². The van der Waals surface area contributed by atoms with Crippen LogP contribution in [0.3, 0.4) is 0 Å². The van der Waals surface area contributed by atoms with E-state index in [0.717, 1.165) is 11.3 Å². The van der Waals surface area contributed by atoms with Gasteiger partial charge in [-0.15, -0.1) is 0 Å². The Morgan fingerprint density at radius 1 is 1.11 bits per heavy atom. The monoisotopic (exact) mass is 365 g/mol. The van der Waals surface area contributed by atoms with Crippen LogP contribution in [-0.4, -0.2) is 31.4 Å². The van der Waals surface area contributed by atoms with Crippen LogP contribution >= 0.6 is 0 Å². The minimum absolute atomic E-state index is 0.291. The minimum Gasteiger partial charge on any atom is -0.497 e. The Hall–Kier alpha value is -3.41. The van der Waals surface area contributed by atoms with Crippen LogP contribution in [0.1, 0.15) is 28.4 Å². The van der Waals surface area contributed by atoms with E-state index < -0.39 is 17.7 Å². The van der Waals surface area contributed by atoms with Crippen LogP contribution < -0.4 is 9.64 Å². The second kappa shape index (κ2) is 7.86. The zero-order valence-electron chi connectivity index (χ0n) is 15.1. The fraction of sp³-hybridized carbons (Fsp3) is 0.190. The Morgan fingerprint density at radius 3 is 2.52 bits per heavy atom. The van der Waals surface area contributed by atoms with E-state index in [1.807, 2.05) is 24.3 Å². The number of ketones is 1. The maximum Gasteiger partial charge on any atom is 0.330 e. The number of benzene rings is 2. The van der Waals surface area contributed by atoms with Gasteiger partial charge >= 0.3 is 5.97 Å². The highest BCUT2D eigenvalue weighted by atomic mass is 16.5. The number of esters is 1. The number of amides is 1. The van der Waals surface area contributed by atoms with Gasteiger partial charge in [0.05, 0.1) is 31.5 Å². The lowest BCUT2D eigenvalue weighted by molar-refractivity contribution is -0.137. The van der Waals surface area contributed by atoms with Crippen LogP contribution in [-0.2, 0) is 20.9 Å². The van der Waals surface area contributed by atoms with Crippen LogP contribution in [0, 0.1) is 0 Å². The lowest BCUT2D eigenvalue weighted by Crippen LogP contribution is -2.29. The van der Waals surface area contributed by atoms with E-state index in [-0.39, 0.29) is 0 Å². The first-order valence-corrected chi connectivity index (χ1v) is 8.51. The van der Waals surface area contributed by atoms with Gasteiger partial charge in [0.25, 0.3) is 11.7 Å². The molecular formula is C21H19NO5. The quantitative estimate of drug-likeness (QED) is 0.447. The summed E-state index contributed by atoms with van der Waals surface area (Å²) in [4.78, 5) is 37.7. The fourth-order valence-electron chi connectivity index (χ4n) is 2.85. The van der Waals surface area contributed by atoms with Crippen molar-refractivity contribution in [3.05, 3.63) is 65.2 Å². The van der Waals surface area contributed by atoms with Gasteiger partial charge in [0.2, 0.25) is 0 Å². The third-order valence-corrected chi connectivity index (χ3v) is 4.19. The standard InChI is InChI=1S/C21H19NO5/c1-3-27-19(23)11-7-14-6-10-18-17(12-14)20(24)21(25)22(18)13-15-4-8-16(26-2)9-5-15/h4-12H,3,13H2,1-2H3/b11-7+. The molecule has 0 radical (unpaired) electrons. The SMILES string of the molecule is CCOC(=O)/C=C/c1ccc2c(c1)C(=O)C(=O)N2Cc1ccc(OC)cc1. The summed E-state index contributed by atoms with van der Waals surface area (Å²) in [7, 11) is 1.59. The van der Waals surface area contributed by atoms with Crippen molar-refractivity contribution >= 4 is 29.4 Å². The number of Topliss-reactive ketones (excluding diaryl/α,β-unsaturated/α-hetero) is 1. The van der Waals surface area contributed by atoms with Crippen LogP contribution in [0.25, 0.3) is 6.08 Å². The van der Waals surface area contributed by atoms with Gasteiger partial charge in [-0.3, -0.25) is 9.59 Å². The summed E-state index contributed by atoms with van der Waals surface area (Å²) in [6.07, 6.45) is 2.85. The number of fused-ring (bicyclic) bond motifs is 1. The van der Waals surface area contributed by atoms with E-state index >= 15 is 0 Å². The molecule has 0 saturated heterocycles. The lowest BCUT2D eigenvalue weighted by atomic mass is 10.1. The van der Waals surface area contributed by atoms with Crippen LogP contribution in [0.15, 0.2) is 48.5 Å². The fourth-order valence-corrected chi connectivity index (χ4v) is 2.85. The first-order chi connectivity index (χ1) is 13.0. The number of hydrogen-bond donors (Lipinski definition) is 0. The highest BCUT2D eigenvalue weighted by molar-refractivity contribution is 6.52. The maximum absolute atomic E-state index is 12.4. The molecule has 1 aliphatic rings. The van der Waals surface area contributed by atoms with Gasteiger partial charge in [-0.05, 0) is 48.4 Å². The van der Waals surface area contributed by atoms with E-state index in [4.69, 9.17) is 9.47 Å². The topological polar surface area (TPSA) is 72.9 Å². The number of rotatable bonds is 6. The van der Waals surface area contributed by atoms with Gasteiger partial charge in [0.15, 0.2) is 0 Å². The molecule has 0 saturated carbocycles. The normalized spacial score (nSPS) is 13.2. The summed E-state index contributed by atoms with van der Waals surface area (Å²) in [5.74, 6) is -0.847. The molecule has 0 fully saturated rings. The molecular weight excluding hydrogens is 346 g/mol. The summed E-state index contributed by atoms with van der Waals surface area (Å²) in [6, 6.07) is 12.4. The highest BCUT2D eigenvalue weighted by Gasteiger charge is 2.35. The van der Waals surface area contributed by atoms with E-state index in [9.17, 15) is 14.4 Å². The van der Waals surface area contributed by atoms with Gasteiger partial charge in [0, 0.05) is 6.08 Å². The molecule has 3 rings (SSSR count). The zero-order valence-corrected chi connectivity index (χ0v) is 15.1. The smallest absolute Gasteiger partial charge is 0.330 e. The number of ether oxygens (including phenoxy) is 2. The molecule has 2 aromatic rings. The molecule has 0 aromatic heterocycles. The average Bonchev–Trinajstić information content (AvgIpc) is 2.92. The summed E-state index contributed by atoms with van der Waals surface area (Å²) in [6.45, 7) is 2.31. The van der Waals surface area contributed by atoms with Crippen molar-refractivity contribution in [3.8, 4) is 5.75 Å². The molecule has 6 heteroatoms. The van der Waals surface area contributed by atoms with Gasteiger partial charge < -0.3 is 14.4 Å². The van der Waals surface area contributed by atoms with Gasteiger partial charge in [-0.1, -0.05) is 18.2 Å². The summed E-state index contributed by atoms with van der Waals surface area (Å²) >= 11 is 0. The van der Waals surface area contributed by atoms with Crippen molar-refractivity contribution in [2.75, 3.05) is 18.6 Å². The molecule has 6 nitrogen and oxygen atoms in total. The van der Waals surface area contributed by atoms with Crippen LogP contribution in [0.5, 0.6) is 5.75 Å². The van der Waals surface area contributed by atoms with E-state index in [0.29, 0.717) is 30.0 Å². The summed E-state index contributed by atoms with van der Waals surface area (Å²) < 4.78 is 9.96. The van der Waals surface area contributed by atoms with Gasteiger partial charge in [-0.25, -0.2) is 4.79 Å². The third kappa shape index (κ3) is 3.89.